The van der Waals surface area contributed by atoms with Crippen molar-refractivity contribution in [2.75, 3.05) is 5.32 Å². The number of aryl methyl sites for hydroxylation is 1. The molecule has 8 nitrogen and oxygen atoms in total. The summed E-state index contributed by atoms with van der Waals surface area (Å²) in [7, 11) is 0. The molecule has 0 radical (unpaired) electrons. The molecule has 1 unspecified atom stereocenters. The Morgan fingerprint density at radius 1 is 1.26 bits per heavy atom. The average molecular weight is 552 g/mol. The van der Waals surface area contributed by atoms with Gasteiger partial charge in [-0.2, -0.15) is 5.26 Å². The van der Waals surface area contributed by atoms with E-state index in [0.29, 0.717) is 12.8 Å². The maximum absolute atomic E-state index is 14.8. The first-order chi connectivity index (χ1) is 16.7. The normalized spacial score (nSPS) is 17.8. The molecule has 0 saturated heterocycles. The molecule has 4 rings (SSSR count). The number of aromatic nitrogens is 2. The monoisotopic (exact) mass is 551 g/mol. The molecule has 184 valence electrons. The van der Waals surface area contributed by atoms with Crippen molar-refractivity contribution < 1.29 is 27.4 Å². The lowest BCUT2D eigenvalue weighted by Gasteiger charge is -2.24. The van der Waals surface area contributed by atoms with Crippen molar-refractivity contribution in [1.29, 1.82) is 5.26 Å². The minimum Gasteiger partial charge on any atom is -0.455 e. The molecule has 1 saturated carbocycles. The SMILES string of the molecule is Cc1nc(N[C@H](C)c2cccc(C(F)F)c2F)c(C2OC=CO2)c(C(Br)C(=O)NC2(C#N)CC2)n1. The number of nitrogens with one attached hydrogen (secondary N) is 2. The fraction of sp³-hybridized carbons (Fsp3) is 0.391. The van der Waals surface area contributed by atoms with E-state index >= 15 is 0 Å². The van der Waals surface area contributed by atoms with Gasteiger partial charge in [-0.05, 0) is 26.7 Å². The Bertz CT molecular complexity index is 1210. The highest BCUT2D eigenvalue weighted by atomic mass is 79.9. The van der Waals surface area contributed by atoms with Gasteiger partial charge in [-0.25, -0.2) is 23.1 Å². The fourth-order valence-electron chi connectivity index (χ4n) is 3.68. The first kappa shape index (κ1) is 24.8. The Morgan fingerprint density at radius 3 is 2.51 bits per heavy atom. The van der Waals surface area contributed by atoms with E-state index in [1.54, 1.807) is 13.8 Å². The summed E-state index contributed by atoms with van der Waals surface area (Å²) in [6, 6.07) is 5.09. The number of hydrogen-bond donors (Lipinski definition) is 2. The summed E-state index contributed by atoms with van der Waals surface area (Å²) in [6.07, 6.45) is -0.255. The molecular weight excluding hydrogens is 531 g/mol. The third-order valence-electron chi connectivity index (χ3n) is 5.69. The van der Waals surface area contributed by atoms with Gasteiger partial charge >= 0.3 is 0 Å². The van der Waals surface area contributed by atoms with Crippen LogP contribution in [-0.2, 0) is 14.3 Å². The second-order valence-electron chi connectivity index (χ2n) is 8.26. The number of carbonyl (C=O) groups is 1. The molecule has 1 aliphatic heterocycles. The average Bonchev–Trinajstić information content (AvgIpc) is 3.38. The van der Waals surface area contributed by atoms with E-state index < -0.39 is 46.4 Å². The van der Waals surface area contributed by atoms with Gasteiger partial charge in [-0.15, -0.1) is 0 Å². The van der Waals surface area contributed by atoms with Gasteiger partial charge in [0.1, 0.15) is 40.3 Å². The van der Waals surface area contributed by atoms with E-state index in [4.69, 9.17) is 9.47 Å². The predicted molar refractivity (Wildman–Crippen MR) is 122 cm³/mol. The second kappa shape index (κ2) is 9.73. The molecular formula is C23H21BrF3N5O3. The molecule has 2 N–H and O–H groups in total. The zero-order chi connectivity index (χ0) is 25.3. The quantitative estimate of drug-likeness (QED) is 0.436. The van der Waals surface area contributed by atoms with Crippen molar-refractivity contribution in [3.05, 3.63) is 64.7 Å². The van der Waals surface area contributed by atoms with Crippen LogP contribution in [0.25, 0.3) is 0 Å². The van der Waals surface area contributed by atoms with E-state index in [1.165, 1.54) is 24.7 Å². The molecule has 1 aliphatic carbocycles. The minimum absolute atomic E-state index is 0.00998. The van der Waals surface area contributed by atoms with Gasteiger partial charge < -0.3 is 20.1 Å². The first-order valence-corrected chi connectivity index (χ1v) is 11.6. The van der Waals surface area contributed by atoms with Crippen LogP contribution in [0.3, 0.4) is 0 Å². The van der Waals surface area contributed by atoms with Crippen LogP contribution in [0.5, 0.6) is 0 Å². The zero-order valence-corrected chi connectivity index (χ0v) is 20.3. The molecule has 0 bridgehead atoms. The van der Waals surface area contributed by atoms with Crippen LogP contribution < -0.4 is 10.6 Å². The van der Waals surface area contributed by atoms with E-state index in [-0.39, 0.29) is 28.5 Å². The summed E-state index contributed by atoms with van der Waals surface area (Å²) in [5.41, 5.74) is -1.11. The maximum Gasteiger partial charge on any atom is 0.271 e. The number of nitriles is 1. The number of rotatable bonds is 8. The van der Waals surface area contributed by atoms with Crippen molar-refractivity contribution in [3.8, 4) is 6.07 Å². The molecule has 0 spiro atoms. The number of anilines is 1. The topological polar surface area (TPSA) is 109 Å². The van der Waals surface area contributed by atoms with Gasteiger partial charge in [0, 0.05) is 5.56 Å². The van der Waals surface area contributed by atoms with Crippen molar-refractivity contribution in [2.45, 2.75) is 55.8 Å². The summed E-state index contributed by atoms with van der Waals surface area (Å²) in [5, 5.41) is 15.1. The molecule has 12 heteroatoms. The molecule has 2 aromatic rings. The fourth-order valence-corrected chi connectivity index (χ4v) is 4.14. The summed E-state index contributed by atoms with van der Waals surface area (Å²) in [5.74, 6) is -1.04. The van der Waals surface area contributed by atoms with Crippen LogP contribution in [0.4, 0.5) is 19.0 Å². The molecule has 2 aliphatic rings. The summed E-state index contributed by atoms with van der Waals surface area (Å²) < 4.78 is 52.1. The number of ether oxygens (including phenoxy) is 2. The molecule has 1 aromatic heterocycles. The predicted octanol–water partition coefficient (Wildman–Crippen LogP) is 5.16. The van der Waals surface area contributed by atoms with Crippen LogP contribution in [-0.4, -0.2) is 21.4 Å². The Balaban J connectivity index is 1.71. The minimum atomic E-state index is -2.96. The number of carbonyl (C=O) groups excluding carboxylic acids is 1. The number of hydrogen-bond acceptors (Lipinski definition) is 7. The highest BCUT2D eigenvalue weighted by molar-refractivity contribution is 9.09. The first-order valence-electron chi connectivity index (χ1n) is 10.7. The third-order valence-corrected chi connectivity index (χ3v) is 6.54. The Labute approximate surface area is 207 Å². The second-order valence-corrected chi connectivity index (χ2v) is 9.17. The highest BCUT2D eigenvalue weighted by Crippen LogP contribution is 2.40. The largest absolute Gasteiger partial charge is 0.455 e. The zero-order valence-electron chi connectivity index (χ0n) is 18.7. The lowest BCUT2D eigenvalue weighted by atomic mass is 10.0. The maximum atomic E-state index is 14.8. The van der Waals surface area contributed by atoms with E-state index in [9.17, 15) is 23.2 Å². The van der Waals surface area contributed by atoms with Gasteiger partial charge in [0.05, 0.1) is 28.9 Å². The Hall–Kier alpha value is -3.33. The standard InChI is InChI=1S/C23H21BrF3N5O3/c1-11(13-4-3-5-14(17(13)25)19(26)27)29-20-15(22-34-8-9-35-22)18(30-12(2)31-20)16(24)21(33)32-23(10-28)6-7-23/h3-5,8-9,11,16,19,22H,6-7H2,1-2H3,(H,32,33)(H,29,30,31)/t11-,16?/m1/s1. The van der Waals surface area contributed by atoms with Gasteiger partial charge in [0.15, 0.2) is 0 Å². The Kier molecular flexibility index (Phi) is 6.89. The van der Waals surface area contributed by atoms with Crippen LogP contribution in [0.2, 0.25) is 0 Å². The van der Waals surface area contributed by atoms with Crippen molar-refractivity contribution in [2.24, 2.45) is 0 Å². The van der Waals surface area contributed by atoms with Crippen molar-refractivity contribution in [3.63, 3.8) is 0 Å². The van der Waals surface area contributed by atoms with Gasteiger partial charge in [0.25, 0.3) is 12.7 Å². The highest BCUT2D eigenvalue weighted by Gasteiger charge is 2.46. The van der Waals surface area contributed by atoms with Gasteiger partial charge in [-0.1, -0.05) is 34.1 Å². The molecule has 1 aromatic carbocycles. The lowest BCUT2D eigenvalue weighted by Crippen LogP contribution is -2.38. The number of benzene rings is 1. The number of halogens is 4. The van der Waals surface area contributed by atoms with Crippen LogP contribution >= 0.6 is 15.9 Å². The summed E-state index contributed by atoms with van der Waals surface area (Å²) >= 11 is 3.36. The number of amides is 1. The lowest BCUT2D eigenvalue weighted by molar-refractivity contribution is -0.121. The summed E-state index contributed by atoms with van der Waals surface area (Å²) in [6.45, 7) is 3.19. The number of alkyl halides is 3. The smallest absolute Gasteiger partial charge is 0.271 e. The van der Waals surface area contributed by atoms with Gasteiger partial charge in [-0.3, -0.25) is 4.79 Å². The molecule has 1 fully saturated rings. The van der Waals surface area contributed by atoms with E-state index in [1.807, 2.05) is 0 Å². The third kappa shape index (κ3) is 5.05. The Morgan fingerprint density at radius 2 is 1.91 bits per heavy atom. The molecule has 1 amide bonds. The van der Waals surface area contributed by atoms with Crippen molar-refractivity contribution >= 4 is 27.7 Å². The van der Waals surface area contributed by atoms with Crippen LogP contribution in [0, 0.1) is 24.1 Å². The van der Waals surface area contributed by atoms with Crippen molar-refractivity contribution in [1.82, 2.24) is 15.3 Å². The number of nitrogens with zero attached hydrogens (tertiary/aromatic N) is 3. The van der Waals surface area contributed by atoms with Gasteiger partial charge in [0.2, 0.25) is 5.91 Å². The summed E-state index contributed by atoms with van der Waals surface area (Å²) in [4.78, 5) is 20.7. The molecule has 2 atom stereocenters. The van der Waals surface area contributed by atoms with E-state index in [0.717, 1.165) is 6.07 Å². The van der Waals surface area contributed by atoms with Crippen LogP contribution in [0.15, 0.2) is 30.7 Å². The molecule has 35 heavy (non-hydrogen) atoms. The van der Waals surface area contributed by atoms with E-state index in [2.05, 4.69) is 42.6 Å². The molecule has 2 heterocycles. The van der Waals surface area contributed by atoms with Crippen LogP contribution in [0.1, 0.15) is 71.6 Å².